The van der Waals surface area contributed by atoms with Crippen molar-refractivity contribution in [3.63, 3.8) is 0 Å². The normalized spacial score (nSPS) is 10.5. The zero-order valence-electron chi connectivity index (χ0n) is 20.7. The molecule has 36 heavy (non-hydrogen) atoms. The Balaban J connectivity index is 1.49. The number of rotatable bonds is 6. The molecular weight excluding hydrogens is 452 g/mol. The summed E-state index contributed by atoms with van der Waals surface area (Å²) in [4.78, 5) is 24.8. The molecule has 0 aliphatic rings. The fourth-order valence-electron chi connectivity index (χ4n) is 3.44. The molecule has 0 aliphatic heterocycles. The van der Waals surface area contributed by atoms with Crippen molar-refractivity contribution in [3.05, 3.63) is 77.9 Å². The van der Waals surface area contributed by atoms with Crippen LogP contribution < -0.4 is 20.7 Å². The number of aromatic nitrogens is 3. The van der Waals surface area contributed by atoms with Crippen LogP contribution in [0.15, 0.2) is 61.1 Å². The Bertz CT molecular complexity index is 1440. The maximum Gasteiger partial charge on any atom is 0.315 e. The highest BCUT2D eigenvalue weighted by atomic mass is 16.5. The number of nitrogens with zero attached hydrogens (tertiary/aromatic N) is 3. The summed E-state index contributed by atoms with van der Waals surface area (Å²) in [5, 5.41) is 9.71. The monoisotopic (exact) mass is 480 g/mol. The lowest BCUT2D eigenvalue weighted by Gasteiger charge is -2.12. The van der Waals surface area contributed by atoms with Crippen LogP contribution in [-0.2, 0) is 0 Å². The van der Waals surface area contributed by atoms with Crippen LogP contribution in [0.2, 0.25) is 0 Å². The average Bonchev–Trinajstić information content (AvgIpc) is 2.85. The SMILES string of the molecule is Cc1ccc(Oc2ccc(Nc3ncnc4ccc(C#CCNC(=O)NC(C)C)cc34)cc2C)cn1. The molecule has 0 aliphatic carbocycles. The molecule has 2 amide bonds. The fourth-order valence-corrected chi connectivity index (χ4v) is 3.44. The quantitative estimate of drug-likeness (QED) is 0.327. The third kappa shape index (κ3) is 6.48. The van der Waals surface area contributed by atoms with Gasteiger partial charge in [-0.25, -0.2) is 14.8 Å². The first kappa shape index (κ1) is 24.5. The predicted octanol–water partition coefficient (Wildman–Crippen LogP) is 5.24. The molecule has 8 heteroatoms. The highest BCUT2D eigenvalue weighted by molar-refractivity contribution is 5.91. The fraction of sp³-hybridized carbons (Fsp3) is 0.214. The number of hydrogen-bond donors (Lipinski definition) is 3. The lowest BCUT2D eigenvalue weighted by Crippen LogP contribution is -2.39. The van der Waals surface area contributed by atoms with Crippen molar-refractivity contribution in [2.75, 3.05) is 11.9 Å². The summed E-state index contributed by atoms with van der Waals surface area (Å²) in [5.74, 6) is 8.18. The summed E-state index contributed by atoms with van der Waals surface area (Å²) in [6, 6.07) is 15.3. The second-order valence-electron chi connectivity index (χ2n) is 8.58. The van der Waals surface area contributed by atoms with Gasteiger partial charge >= 0.3 is 6.03 Å². The van der Waals surface area contributed by atoms with E-state index in [1.165, 1.54) is 6.33 Å². The molecule has 2 aromatic carbocycles. The van der Waals surface area contributed by atoms with E-state index in [9.17, 15) is 4.79 Å². The van der Waals surface area contributed by atoms with E-state index in [2.05, 4.69) is 42.7 Å². The Morgan fingerprint density at radius 3 is 2.64 bits per heavy atom. The molecule has 2 heterocycles. The van der Waals surface area contributed by atoms with Gasteiger partial charge < -0.3 is 20.7 Å². The number of urea groups is 1. The van der Waals surface area contributed by atoms with Crippen LogP contribution in [0.3, 0.4) is 0 Å². The van der Waals surface area contributed by atoms with Gasteiger partial charge in [-0.3, -0.25) is 4.98 Å². The number of benzene rings is 2. The van der Waals surface area contributed by atoms with Crippen LogP contribution in [0.1, 0.15) is 30.7 Å². The second-order valence-corrected chi connectivity index (χ2v) is 8.58. The van der Waals surface area contributed by atoms with E-state index < -0.39 is 0 Å². The van der Waals surface area contributed by atoms with E-state index in [0.717, 1.165) is 39.2 Å². The van der Waals surface area contributed by atoms with Crippen LogP contribution in [0.25, 0.3) is 10.9 Å². The smallest absolute Gasteiger partial charge is 0.315 e. The van der Waals surface area contributed by atoms with Gasteiger partial charge in [0.1, 0.15) is 23.6 Å². The highest BCUT2D eigenvalue weighted by Gasteiger charge is 2.08. The molecule has 3 N–H and O–H groups in total. The lowest BCUT2D eigenvalue weighted by atomic mass is 10.1. The van der Waals surface area contributed by atoms with Gasteiger partial charge in [0.25, 0.3) is 0 Å². The van der Waals surface area contributed by atoms with Gasteiger partial charge in [0.05, 0.1) is 18.3 Å². The van der Waals surface area contributed by atoms with Gasteiger partial charge in [0, 0.05) is 28.4 Å². The highest BCUT2D eigenvalue weighted by Crippen LogP contribution is 2.29. The summed E-state index contributed by atoms with van der Waals surface area (Å²) in [5.41, 5.74) is 4.39. The standard InChI is InChI=1S/C28H28N6O2/c1-18(2)33-28(35)29-13-5-6-21-8-11-25-24(15-21)27(32-17-31-25)34-22-9-12-26(19(3)14-22)36-23-10-7-20(4)30-16-23/h7-12,14-18H,13H2,1-4H3,(H2,29,33,35)(H,31,32,34). The number of pyridine rings is 1. The van der Waals surface area contributed by atoms with Crippen molar-refractivity contribution in [2.24, 2.45) is 0 Å². The zero-order chi connectivity index (χ0) is 25.5. The van der Waals surface area contributed by atoms with Gasteiger partial charge in [-0.05, 0) is 81.8 Å². The molecule has 0 fully saturated rings. The Morgan fingerprint density at radius 2 is 1.89 bits per heavy atom. The Kier molecular flexibility index (Phi) is 7.61. The van der Waals surface area contributed by atoms with Gasteiger partial charge in [-0.15, -0.1) is 0 Å². The topological polar surface area (TPSA) is 101 Å². The van der Waals surface area contributed by atoms with E-state index in [4.69, 9.17) is 4.74 Å². The van der Waals surface area contributed by atoms with Crippen molar-refractivity contribution in [1.29, 1.82) is 0 Å². The van der Waals surface area contributed by atoms with E-state index in [0.29, 0.717) is 11.6 Å². The first-order valence-electron chi connectivity index (χ1n) is 11.6. The summed E-state index contributed by atoms with van der Waals surface area (Å²) in [6.45, 7) is 7.98. The first-order valence-corrected chi connectivity index (χ1v) is 11.6. The predicted molar refractivity (Wildman–Crippen MR) is 142 cm³/mol. The minimum atomic E-state index is -0.236. The second kappa shape index (κ2) is 11.2. The van der Waals surface area contributed by atoms with Crippen LogP contribution in [0, 0.1) is 25.7 Å². The molecule has 0 saturated carbocycles. The third-order valence-electron chi connectivity index (χ3n) is 5.17. The summed E-state index contributed by atoms with van der Waals surface area (Å²) >= 11 is 0. The van der Waals surface area contributed by atoms with Crippen molar-refractivity contribution in [3.8, 4) is 23.3 Å². The molecule has 2 aromatic heterocycles. The number of nitrogens with one attached hydrogen (secondary N) is 3. The molecule has 0 radical (unpaired) electrons. The van der Waals surface area contributed by atoms with Gasteiger partial charge in [-0.1, -0.05) is 11.8 Å². The number of carbonyl (C=O) groups is 1. The number of amides is 2. The lowest BCUT2D eigenvalue weighted by molar-refractivity contribution is 0.240. The molecule has 4 aromatic rings. The van der Waals surface area contributed by atoms with Gasteiger partial charge in [0.15, 0.2) is 0 Å². The maximum atomic E-state index is 11.7. The molecule has 4 rings (SSSR count). The first-order chi connectivity index (χ1) is 17.4. The van der Waals surface area contributed by atoms with Crippen LogP contribution in [-0.4, -0.2) is 33.6 Å². The van der Waals surface area contributed by atoms with Crippen LogP contribution in [0.5, 0.6) is 11.5 Å². The number of ether oxygens (including phenoxy) is 1. The Labute approximate surface area is 210 Å². The summed E-state index contributed by atoms with van der Waals surface area (Å²) < 4.78 is 5.97. The van der Waals surface area contributed by atoms with Crippen molar-refractivity contribution < 1.29 is 9.53 Å². The van der Waals surface area contributed by atoms with Gasteiger partial charge in [0.2, 0.25) is 0 Å². The minimum Gasteiger partial charge on any atom is -0.455 e. The van der Waals surface area contributed by atoms with Crippen molar-refractivity contribution >= 4 is 28.4 Å². The molecule has 0 spiro atoms. The Morgan fingerprint density at radius 1 is 1.03 bits per heavy atom. The minimum absolute atomic E-state index is 0.0716. The van der Waals surface area contributed by atoms with E-state index in [1.807, 2.05) is 76.2 Å². The molecule has 0 saturated heterocycles. The van der Waals surface area contributed by atoms with E-state index in [-0.39, 0.29) is 18.6 Å². The molecular formula is C28H28N6O2. The number of aryl methyl sites for hydroxylation is 2. The zero-order valence-corrected chi connectivity index (χ0v) is 20.7. The summed E-state index contributed by atoms with van der Waals surface area (Å²) in [7, 11) is 0. The third-order valence-corrected chi connectivity index (χ3v) is 5.17. The number of anilines is 2. The molecule has 0 bridgehead atoms. The molecule has 182 valence electrons. The molecule has 8 nitrogen and oxygen atoms in total. The van der Waals surface area contributed by atoms with Crippen molar-refractivity contribution in [2.45, 2.75) is 33.7 Å². The largest absolute Gasteiger partial charge is 0.455 e. The van der Waals surface area contributed by atoms with Crippen LogP contribution >= 0.6 is 0 Å². The number of carbonyl (C=O) groups excluding carboxylic acids is 1. The van der Waals surface area contributed by atoms with Gasteiger partial charge in [-0.2, -0.15) is 0 Å². The maximum absolute atomic E-state index is 11.7. The van der Waals surface area contributed by atoms with Crippen LogP contribution in [0.4, 0.5) is 16.3 Å². The molecule has 0 atom stereocenters. The Hall–Kier alpha value is -4.64. The van der Waals surface area contributed by atoms with E-state index in [1.54, 1.807) is 6.20 Å². The number of hydrogen-bond acceptors (Lipinski definition) is 6. The van der Waals surface area contributed by atoms with E-state index >= 15 is 0 Å². The average molecular weight is 481 g/mol. The molecule has 0 unspecified atom stereocenters. The van der Waals surface area contributed by atoms with Crippen molar-refractivity contribution in [1.82, 2.24) is 25.6 Å². The summed E-state index contributed by atoms with van der Waals surface area (Å²) in [6.07, 6.45) is 3.24. The number of fused-ring (bicyclic) bond motifs is 1.